The summed E-state index contributed by atoms with van der Waals surface area (Å²) < 4.78 is 4.94. The first kappa shape index (κ1) is 16.9. The van der Waals surface area contributed by atoms with Gasteiger partial charge >= 0.3 is 5.97 Å². The number of rotatable bonds is 8. The van der Waals surface area contributed by atoms with Crippen LogP contribution in [0.1, 0.15) is 40.5 Å². The van der Waals surface area contributed by atoms with Crippen molar-refractivity contribution in [3.8, 4) is 0 Å². The van der Waals surface area contributed by atoms with E-state index in [0.717, 1.165) is 6.42 Å². The van der Waals surface area contributed by atoms with Crippen molar-refractivity contribution >= 4 is 27.6 Å². The van der Waals surface area contributed by atoms with E-state index in [1.807, 2.05) is 11.5 Å². The van der Waals surface area contributed by atoms with E-state index in [1.165, 1.54) is 0 Å². The summed E-state index contributed by atoms with van der Waals surface area (Å²) in [6.45, 7) is 7.77. The van der Waals surface area contributed by atoms with E-state index >= 15 is 0 Å². The summed E-state index contributed by atoms with van der Waals surface area (Å²) in [5, 5.41) is 11.9. The predicted octanol–water partition coefficient (Wildman–Crippen LogP) is 3.38. The Morgan fingerprint density at radius 1 is 1.53 bits per heavy atom. The van der Waals surface area contributed by atoms with E-state index in [0.29, 0.717) is 5.25 Å². The Bertz CT molecular complexity index is 247. The van der Waals surface area contributed by atoms with Crippen LogP contribution in [-0.4, -0.2) is 28.5 Å². The monoisotopic (exact) mass is 278 g/mol. The van der Waals surface area contributed by atoms with Crippen LogP contribution in [0.5, 0.6) is 0 Å². The zero-order chi connectivity index (χ0) is 13.3. The van der Waals surface area contributed by atoms with Gasteiger partial charge in [-0.3, -0.25) is 4.79 Å². The lowest BCUT2D eigenvalue weighted by Crippen LogP contribution is -2.24. The zero-order valence-corrected chi connectivity index (χ0v) is 12.6. The number of hydrogen-bond donors (Lipinski definition) is 1. The van der Waals surface area contributed by atoms with E-state index in [4.69, 9.17) is 4.74 Å². The van der Waals surface area contributed by atoms with Crippen molar-refractivity contribution in [2.75, 3.05) is 6.61 Å². The summed E-state index contributed by atoms with van der Waals surface area (Å²) in [6.07, 6.45) is 2.98. The molecule has 0 radical (unpaired) electrons. The summed E-state index contributed by atoms with van der Waals surface area (Å²) in [5.74, 6) is -0.373. The molecule has 0 saturated carbocycles. The first-order chi connectivity index (χ1) is 7.85. The number of aliphatic hydroxyl groups is 1. The molecule has 0 aromatic carbocycles. The molecule has 0 aliphatic heterocycles. The summed E-state index contributed by atoms with van der Waals surface area (Å²) in [6, 6.07) is 0. The fourth-order valence-corrected chi connectivity index (χ4v) is 2.77. The highest BCUT2D eigenvalue weighted by Crippen LogP contribution is 2.28. The van der Waals surface area contributed by atoms with Crippen LogP contribution in [0.25, 0.3) is 0 Å². The second kappa shape index (κ2) is 8.89. The number of esters is 1. The molecule has 0 rings (SSSR count). The summed E-state index contributed by atoms with van der Waals surface area (Å²) in [5.41, 5.74) is -0.998. The van der Waals surface area contributed by atoms with Crippen molar-refractivity contribution in [2.45, 2.75) is 51.4 Å². The minimum Gasteiger partial charge on any atom is -0.461 e. The molecule has 0 fully saturated rings. The molecule has 0 aromatic heterocycles. The van der Waals surface area contributed by atoms with Crippen LogP contribution in [0, 0.1) is 0 Å². The zero-order valence-electron chi connectivity index (χ0n) is 10.9. The van der Waals surface area contributed by atoms with Crippen LogP contribution in [-0.2, 0) is 9.53 Å². The lowest BCUT2D eigenvalue weighted by Gasteiger charge is -2.14. The predicted molar refractivity (Wildman–Crippen MR) is 75.9 cm³/mol. The Hall–Kier alpha value is -0.130. The lowest BCUT2D eigenvalue weighted by atomic mass is 10.1. The van der Waals surface area contributed by atoms with Gasteiger partial charge < -0.3 is 9.84 Å². The topological polar surface area (TPSA) is 46.5 Å². The SMILES string of the molecule is CC[C@@H](C)SSC=CCOC(=O)CC(C)(C)O. The van der Waals surface area contributed by atoms with E-state index in [9.17, 15) is 9.90 Å². The van der Waals surface area contributed by atoms with Crippen molar-refractivity contribution < 1.29 is 14.6 Å². The van der Waals surface area contributed by atoms with Crippen molar-refractivity contribution in [1.29, 1.82) is 0 Å². The number of carbonyl (C=O) groups is 1. The number of ether oxygens (including phenoxy) is 1. The number of carbonyl (C=O) groups excluding carboxylic acids is 1. The first-order valence-electron chi connectivity index (χ1n) is 5.70. The summed E-state index contributed by atoms with van der Waals surface area (Å²) in [4.78, 5) is 11.2. The second-order valence-corrected chi connectivity index (χ2v) is 7.07. The molecule has 0 bridgehead atoms. The molecular weight excluding hydrogens is 256 g/mol. The largest absolute Gasteiger partial charge is 0.461 e. The van der Waals surface area contributed by atoms with Gasteiger partial charge in [-0.25, -0.2) is 0 Å². The van der Waals surface area contributed by atoms with Crippen LogP contribution >= 0.6 is 21.6 Å². The Kier molecular flexibility index (Phi) is 8.82. The summed E-state index contributed by atoms with van der Waals surface area (Å²) in [7, 11) is 3.44. The Morgan fingerprint density at radius 3 is 2.71 bits per heavy atom. The molecule has 17 heavy (non-hydrogen) atoms. The van der Waals surface area contributed by atoms with Gasteiger partial charge in [-0.05, 0) is 31.8 Å². The molecule has 1 atom stereocenters. The minimum absolute atomic E-state index is 0.0234. The van der Waals surface area contributed by atoms with Crippen LogP contribution in [0.3, 0.4) is 0 Å². The van der Waals surface area contributed by atoms with E-state index in [1.54, 1.807) is 35.4 Å². The maximum atomic E-state index is 11.2. The van der Waals surface area contributed by atoms with Crippen LogP contribution in [0.4, 0.5) is 0 Å². The highest BCUT2D eigenvalue weighted by atomic mass is 33.1. The average molecular weight is 278 g/mol. The van der Waals surface area contributed by atoms with Gasteiger partial charge in [0.15, 0.2) is 0 Å². The average Bonchev–Trinajstić information content (AvgIpc) is 2.20. The quantitative estimate of drug-likeness (QED) is 0.545. The Labute approximate surface area is 112 Å². The third-order valence-corrected chi connectivity index (χ3v) is 4.59. The molecule has 0 spiro atoms. The molecule has 0 aromatic rings. The van der Waals surface area contributed by atoms with Gasteiger partial charge in [-0.1, -0.05) is 35.4 Å². The third kappa shape index (κ3) is 12.1. The van der Waals surface area contributed by atoms with E-state index in [2.05, 4.69) is 13.8 Å². The van der Waals surface area contributed by atoms with E-state index < -0.39 is 5.60 Å². The molecular formula is C12H22O3S2. The van der Waals surface area contributed by atoms with Crippen LogP contribution in [0.2, 0.25) is 0 Å². The Morgan fingerprint density at radius 2 is 2.18 bits per heavy atom. The molecule has 0 aliphatic carbocycles. The third-order valence-electron chi connectivity index (χ3n) is 1.86. The molecule has 1 N–H and O–H groups in total. The molecule has 5 heteroatoms. The van der Waals surface area contributed by atoms with Gasteiger partial charge in [0.25, 0.3) is 0 Å². The minimum atomic E-state index is -0.998. The molecule has 0 heterocycles. The second-order valence-electron chi connectivity index (χ2n) is 4.46. The molecule has 3 nitrogen and oxygen atoms in total. The maximum Gasteiger partial charge on any atom is 0.308 e. The molecule has 100 valence electrons. The van der Waals surface area contributed by atoms with Crippen LogP contribution < -0.4 is 0 Å². The summed E-state index contributed by atoms with van der Waals surface area (Å²) >= 11 is 0. The number of hydrogen-bond acceptors (Lipinski definition) is 5. The maximum absolute atomic E-state index is 11.2. The van der Waals surface area contributed by atoms with Gasteiger partial charge in [0, 0.05) is 5.25 Å². The first-order valence-corrected chi connectivity index (χ1v) is 7.98. The molecule has 0 aliphatic rings. The highest BCUT2D eigenvalue weighted by molar-refractivity contribution is 8.78. The fraction of sp³-hybridized carbons (Fsp3) is 0.750. The molecule has 0 amide bonds. The van der Waals surface area contributed by atoms with Gasteiger partial charge in [-0.2, -0.15) is 0 Å². The van der Waals surface area contributed by atoms with Gasteiger partial charge in [0.05, 0.1) is 12.0 Å². The van der Waals surface area contributed by atoms with Gasteiger partial charge in [0.2, 0.25) is 0 Å². The van der Waals surface area contributed by atoms with Crippen molar-refractivity contribution in [3.05, 3.63) is 11.5 Å². The highest BCUT2D eigenvalue weighted by Gasteiger charge is 2.18. The van der Waals surface area contributed by atoms with Gasteiger partial charge in [0.1, 0.15) is 6.61 Å². The lowest BCUT2D eigenvalue weighted by molar-refractivity contribution is -0.146. The normalized spacial score (nSPS) is 13.9. The Balaban J connectivity index is 3.56. The van der Waals surface area contributed by atoms with Gasteiger partial charge in [-0.15, -0.1) is 0 Å². The fourth-order valence-electron chi connectivity index (χ4n) is 0.819. The molecule has 0 saturated heterocycles. The van der Waals surface area contributed by atoms with Crippen molar-refractivity contribution in [1.82, 2.24) is 0 Å². The molecule has 0 unspecified atom stereocenters. The standard InChI is InChI=1S/C12H22O3S2/c1-5-10(2)17-16-8-6-7-15-11(13)9-12(3,4)14/h6,8,10,14H,5,7,9H2,1-4H3/t10-/m1/s1. The van der Waals surface area contributed by atoms with Crippen LogP contribution in [0.15, 0.2) is 11.5 Å². The smallest absolute Gasteiger partial charge is 0.308 e. The van der Waals surface area contributed by atoms with Crippen molar-refractivity contribution in [2.24, 2.45) is 0 Å². The van der Waals surface area contributed by atoms with Crippen molar-refractivity contribution in [3.63, 3.8) is 0 Å². The van der Waals surface area contributed by atoms with E-state index in [-0.39, 0.29) is 19.0 Å².